The second-order valence-corrected chi connectivity index (χ2v) is 5.58. The van der Waals surface area contributed by atoms with E-state index < -0.39 is 0 Å². The number of carbonyl (C=O) groups is 2. The summed E-state index contributed by atoms with van der Waals surface area (Å²) in [5.41, 5.74) is 0. The third kappa shape index (κ3) is 8.91. The van der Waals surface area contributed by atoms with Crippen LogP contribution in [0.5, 0.6) is 0 Å². The van der Waals surface area contributed by atoms with Gasteiger partial charge in [0.2, 0.25) is 11.8 Å². The maximum atomic E-state index is 11.9. The minimum atomic E-state index is 0.0489. The number of hydrogen-bond acceptors (Lipinski definition) is 3. The lowest BCUT2D eigenvalue weighted by atomic mass is 10.2. The van der Waals surface area contributed by atoms with Crippen LogP contribution in [0.2, 0.25) is 0 Å². The molecule has 0 N–H and O–H groups in total. The Morgan fingerprint density at radius 1 is 0.900 bits per heavy atom. The Balaban J connectivity index is 4.07. The van der Waals surface area contributed by atoms with Gasteiger partial charge in [-0.25, -0.2) is 0 Å². The van der Waals surface area contributed by atoms with Crippen LogP contribution in [-0.4, -0.2) is 73.8 Å². The average Bonchev–Trinajstić information content (AvgIpc) is 2.38. The van der Waals surface area contributed by atoms with E-state index in [0.717, 1.165) is 38.9 Å². The van der Waals surface area contributed by atoms with E-state index in [2.05, 4.69) is 11.8 Å². The second-order valence-electron chi connectivity index (χ2n) is 5.58. The van der Waals surface area contributed by atoms with Gasteiger partial charge in [-0.1, -0.05) is 13.3 Å². The summed E-state index contributed by atoms with van der Waals surface area (Å²) in [6.45, 7) is 6.68. The first-order valence-electron chi connectivity index (χ1n) is 7.52. The van der Waals surface area contributed by atoms with Crippen molar-refractivity contribution in [3.8, 4) is 0 Å². The van der Waals surface area contributed by atoms with Crippen molar-refractivity contribution < 1.29 is 9.59 Å². The second kappa shape index (κ2) is 10.7. The van der Waals surface area contributed by atoms with Crippen LogP contribution in [-0.2, 0) is 9.59 Å². The van der Waals surface area contributed by atoms with Gasteiger partial charge in [0, 0.05) is 40.0 Å². The predicted molar refractivity (Wildman–Crippen MR) is 82.6 cm³/mol. The van der Waals surface area contributed by atoms with Crippen molar-refractivity contribution in [1.82, 2.24) is 14.7 Å². The maximum absolute atomic E-state index is 11.9. The molecule has 5 nitrogen and oxygen atoms in total. The largest absolute Gasteiger partial charge is 0.346 e. The molecule has 0 aliphatic heterocycles. The fourth-order valence-corrected chi connectivity index (χ4v) is 1.95. The van der Waals surface area contributed by atoms with Crippen LogP contribution >= 0.6 is 0 Å². The smallest absolute Gasteiger partial charge is 0.224 e. The van der Waals surface area contributed by atoms with Crippen molar-refractivity contribution in [3.05, 3.63) is 0 Å². The number of nitrogens with zero attached hydrogens (tertiary/aromatic N) is 3. The molecule has 0 radical (unpaired) electrons. The molecule has 2 amide bonds. The van der Waals surface area contributed by atoms with Gasteiger partial charge in [-0.3, -0.25) is 9.59 Å². The van der Waals surface area contributed by atoms with Crippen LogP contribution in [0.3, 0.4) is 0 Å². The lowest BCUT2D eigenvalue weighted by Gasteiger charge is -2.23. The highest BCUT2D eigenvalue weighted by atomic mass is 16.2. The van der Waals surface area contributed by atoms with Gasteiger partial charge in [0.05, 0.1) is 0 Å². The van der Waals surface area contributed by atoms with E-state index in [1.165, 1.54) is 0 Å². The van der Waals surface area contributed by atoms with Crippen molar-refractivity contribution in [3.63, 3.8) is 0 Å². The Morgan fingerprint density at radius 3 is 2.05 bits per heavy atom. The summed E-state index contributed by atoms with van der Waals surface area (Å²) in [5.74, 6) is 0.171. The number of rotatable bonds is 10. The average molecular weight is 285 g/mol. The first-order valence-corrected chi connectivity index (χ1v) is 7.52. The minimum Gasteiger partial charge on any atom is -0.346 e. The maximum Gasteiger partial charge on any atom is 0.224 e. The van der Waals surface area contributed by atoms with Gasteiger partial charge in [-0.15, -0.1) is 0 Å². The molecule has 0 saturated carbocycles. The van der Waals surface area contributed by atoms with Gasteiger partial charge in [0.15, 0.2) is 0 Å². The van der Waals surface area contributed by atoms with Gasteiger partial charge in [-0.05, 0) is 33.5 Å². The van der Waals surface area contributed by atoms with Crippen molar-refractivity contribution in [2.75, 3.05) is 47.3 Å². The third-order valence-electron chi connectivity index (χ3n) is 3.35. The van der Waals surface area contributed by atoms with Gasteiger partial charge in [0.25, 0.3) is 0 Å². The molecule has 20 heavy (non-hydrogen) atoms. The summed E-state index contributed by atoms with van der Waals surface area (Å²) in [4.78, 5) is 29.1. The molecule has 0 atom stereocenters. The molecule has 0 aliphatic rings. The number of amides is 2. The topological polar surface area (TPSA) is 43.9 Å². The van der Waals surface area contributed by atoms with E-state index in [9.17, 15) is 9.59 Å². The highest BCUT2D eigenvalue weighted by Crippen LogP contribution is 2.00. The lowest BCUT2D eigenvalue weighted by molar-refractivity contribution is -0.132. The lowest BCUT2D eigenvalue weighted by Crippen LogP contribution is -2.36. The first-order chi connectivity index (χ1) is 9.38. The molecule has 0 aliphatic carbocycles. The summed E-state index contributed by atoms with van der Waals surface area (Å²) >= 11 is 0. The highest BCUT2D eigenvalue weighted by molar-refractivity contribution is 5.77. The summed E-state index contributed by atoms with van der Waals surface area (Å²) < 4.78 is 0. The predicted octanol–water partition coefficient (Wildman–Crippen LogP) is 1.44. The molecule has 0 unspecified atom stereocenters. The third-order valence-corrected chi connectivity index (χ3v) is 3.35. The van der Waals surface area contributed by atoms with Crippen LogP contribution in [0, 0.1) is 0 Å². The standard InChI is InChI=1S/C15H31N3O2/c1-6-7-11-17(5)15(20)9-13-18(14(2)19)12-8-10-16(3)4/h6-13H2,1-5H3. The molecule has 0 heterocycles. The van der Waals surface area contributed by atoms with Gasteiger partial charge in [-0.2, -0.15) is 0 Å². The molecule has 0 aromatic carbocycles. The zero-order valence-corrected chi connectivity index (χ0v) is 13.8. The summed E-state index contributed by atoms with van der Waals surface area (Å²) in [6, 6.07) is 0. The Labute approximate surface area is 123 Å². The van der Waals surface area contributed by atoms with E-state index in [0.29, 0.717) is 13.0 Å². The first kappa shape index (κ1) is 18.9. The van der Waals surface area contributed by atoms with Gasteiger partial charge in [0.1, 0.15) is 0 Å². The molecule has 0 spiro atoms. The Bertz CT molecular complexity index is 293. The summed E-state index contributed by atoms with van der Waals surface area (Å²) in [7, 11) is 5.87. The quantitative estimate of drug-likeness (QED) is 0.610. The molecular weight excluding hydrogens is 254 g/mol. The van der Waals surface area contributed by atoms with E-state index in [1.807, 2.05) is 21.1 Å². The zero-order chi connectivity index (χ0) is 15.5. The van der Waals surface area contributed by atoms with Crippen molar-refractivity contribution in [2.24, 2.45) is 0 Å². The molecule has 0 fully saturated rings. The van der Waals surface area contributed by atoms with E-state index in [1.54, 1.807) is 16.7 Å². The van der Waals surface area contributed by atoms with E-state index in [4.69, 9.17) is 0 Å². The number of hydrogen-bond donors (Lipinski definition) is 0. The molecule has 0 aromatic rings. The monoisotopic (exact) mass is 285 g/mol. The number of carbonyl (C=O) groups excluding carboxylic acids is 2. The van der Waals surface area contributed by atoms with Crippen LogP contribution in [0.4, 0.5) is 0 Å². The fourth-order valence-electron chi connectivity index (χ4n) is 1.95. The van der Waals surface area contributed by atoms with Crippen molar-refractivity contribution >= 4 is 11.8 Å². The zero-order valence-electron chi connectivity index (χ0n) is 13.8. The van der Waals surface area contributed by atoms with Crippen LogP contribution in [0.15, 0.2) is 0 Å². The number of unbranched alkanes of at least 4 members (excludes halogenated alkanes) is 1. The molecule has 0 aromatic heterocycles. The van der Waals surface area contributed by atoms with Crippen molar-refractivity contribution in [1.29, 1.82) is 0 Å². The summed E-state index contributed by atoms with van der Waals surface area (Å²) in [6.07, 6.45) is 3.47. The fraction of sp³-hybridized carbons (Fsp3) is 0.867. The minimum absolute atomic E-state index is 0.0489. The molecule has 5 heteroatoms. The van der Waals surface area contributed by atoms with E-state index in [-0.39, 0.29) is 11.8 Å². The Hall–Kier alpha value is -1.10. The SMILES string of the molecule is CCCCN(C)C(=O)CCN(CCCN(C)C)C(C)=O. The van der Waals surface area contributed by atoms with Crippen LogP contribution < -0.4 is 0 Å². The molecule has 0 bridgehead atoms. The Kier molecular flexibility index (Phi) is 10.1. The van der Waals surface area contributed by atoms with E-state index >= 15 is 0 Å². The van der Waals surface area contributed by atoms with Crippen LogP contribution in [0.25, 0.3) is 0 Å². The van der Waals surface area contributed by atoms with Gasteiger partial charge < -0.3 is 14.7 Å². The van der Waals surface area contributed by atoms with Crippen molar-refractivity contribution in [2.45, 2.75) is 39.5 Å². The molecule has 0 rings (SSSR count). The van der Waals surface area contributed by atoms with Crippen LogP contribution in [0.1, 0.15) is 39.5 Å². The molecule has 118 valence electrons. The highest BCUT2D eigenvalue weighted by Gasteiger charge is 2.13. The van der Waals surface area contributed by atoms with Gasteiger partial charge >= 0.3 is 0 Å². The molecule has 0 saturated heterocycles. The summed E-state index contributed by atoms with van der Waals surface area (Å²) in [5, 5.41) is 0. The molecular formula is C15H31N3O2. The Morgan fingerprint density at radius 2 is 1.55 bits per heavy atom. The normalized spacial score (nSPS) is 10.7.